The van der Waals surface area contributed by atoms with Crippen LogP contribution < -0.4 is 5.32 Å². The maximum Gasteiger partial charge on any atom is 0.303 e. The third-order valence-corrected chi connectivity index (χ3v) is 3.96. The first-order valence-electron chi connectivity index (χ1n) is 8.18. The standard InChI is InChI=1S/C19H20N2O5/c1-13-7-9-17(21(25)26)16(11-13)19(24)20-15(8-10-18(22)23)12-14-5-3-2-4-6-14/h2-7,9,11,15H,8,10,12H2,1H3,(H,20,24)(H,22,23). The van der Waals surface area contributed by atoms with Crippen LogP contribution in [0.2, 0.25) is 0 Å². The van der Waals surface area contributed by atoms with E-state index in [0.29, 0.717) is 6.42 Å². The molecule has 0 saturated carbocycles. The minimum absolute atomic E-state index is 0.0246. The number of hydrogen-bond acceptors (Lipinski definition) is 4. The van der Waals surface area contributed by atoms with Crippen molar-refractivity contribution in [1.29, 1.82) is 0 Å². The van der Waals surface area contributed by atoms with E-state index >= 15 is 0 Å². The molecule has 0 radical (unpaired) electrons. The van der Waals surface area contributed by atoms with Crippen molar-refractivity contribution < 1.29 is 19.6 Å². The molecule has 0 saturated heterocycles. The van der Waals surface area contributed by atoms with E-state index in [1.54, 1.807) is 13.0 Å². The molecule has 136 valence electrons. The van der Waals surface area contributed by atoms with Gasteiger partial charge in [0.2, 0.25) is 0 Å². The zero-order valence-electron chi connectivity index (χ0n) is 14.3. The Morgan fingerprint density at radius 2 is 1.88 bits per heavy atom. The molecule has 0 bridgehead atoms. The summed E-state index contributed by atoms with van der Waals surface area (Å²) in [6.45, 7) is 1.74. The van der Waals surface area contributed by atoms with Crippen LogP contribution in [-0.2, 0) is 11.2 Å². The molecule has 0 heterocycles. The molecule has 0 fully saturated rings. The van der Waals surface area contributed by atoms with E-state index < -0.39 is 22.8 Å². The molecule has 0 aromatic heterocycles. The lowest BCUT2D eigenvalue weighted by molar-refractivity contribution is -0.385. The Morgan fingerprint density at radius 1 is 1.19 bits per heavy atom. The van der Waals surface area contributed by atoms with Gasteiger partial charge in [-0.05, 0) is 37.0 Å². The number of aryl methyl sites for hydroxylation is 1. The molecule has 1 amide bonds. The van der Waals surface area contributed by atoms with E-state index in [2.05, 4.69) is 5.32 Å². The second-order valence-electron chi connectivity index (χ2n) is 6.07. The topological polar surface area (TPSA) is 110 Å². The Hall–Kier alpha value is -3.22. The van der Waals surface area contributed by atoms with Gasteiger partial charge in [0.05, 0.1) is 4.92 Å². The molecule has 2 aromatic carbocycles. The van der Waals surface area contributed by atoms with E-state index in [9.17, 15) is 19.7 Å². The predicted molar refractivity (Wildman–Crippen MR) is 96.1 cm³/mol. The Bertz CT molecular complexity index is 805. The number of aliphatic carboxylic acids is 1. The number of carbonyl (C=O) groups excluding carboxylic acids is 1. The monoisotopic (exact) mass is 356 g/mol. The van der Waals surface area contributed by atoms with Gasteiger partial charge in [-0.15, -0.1) is 0 Å². The summed E-state index contributed by atoms with van der Waals surface area (Å²) < 4.78 is 0. The van der Waals surface area contributed by atoms with E-state index in [0.717, 1.165) is 11.1 Å². The number of nitrogens with one attached hydrogen (secondary N) is 1. The third-order valence-electron chi connectivity index (χ3n) is 3.96. The highest BCUT2D eigenvalue weighted by Gasteiger charge is 2.23. The fraction of sp³-hybridized carbons (Fsp3) is 0.263. The van der Waals surface area contributed by atoms with Crippen LogP contribution in [0.4, 0.5) is 5.69 Å². The zero-order valence-corrected chi connectivity index (χ0v) is 14.3. The predicted octanol–water partition coefficient (Wildman–Crippen LogP) is 3.11. The van der Waals surface area contributed by atoms with Crippen molar-refractivity contribution in [3.63, 3.8) is 0 Å². The maximum absolute atomic E-state index is 12.6. The van der Waals surface area contributed by atoms with Gasteiger partial charge in [0.25, 0.3) is 11.6 Å². The normalized spacial score (nSPS) is 11.6. The lowest BCUT2D eigenvalue weighted by Crippen LogP contribution is -2.37. The molecule has 7 nitrogen and oxygen atoms in total. The van der Waals surface area contributed by atoms with Gasteiger partial charge in [-0.2, -0.15) is 0 Å². The van der Waals surface area contributed by atoms with Gasteiger partial charge in [0.15, 0.2) is 0 Å². The van der Waals surface area contributed by atoms with E-state index in [4.69, 9.17) is 5.11 Å². The fourth-order valence-corrected chi connectivity index (χ4v) is 2.68. The molecular formula is C19H20N2O5. The summed E-state index contributed by atoms with van der Waals surface area (Å²) in [6.07, 6.45) is 0.572. The van der Waals surface area contributed by atoms with Gasteiger partial charge < -0.3 is 10.4 Å². The molecule has 1 unspecified atom stereocenters. The number of benzene rings is 2. The zero-order chi connectivity index (χ0) is 19.1. The number of carbonyl (C=O) groups is 2. The van der Waals surface area contributed by atoms with Crippen molar-refractivity contribution in [2.45, 2.75) is 32.2 Å². The number of nitro benzene ring substituents is 1. The Morgan fingerprint density at radius 3 is 2.50 bits per heavy atom. The van der Waals surface area contributed by atoms with E-state index in [1.807, 2.05) is 30.3 Å². The summed E-state index contributed by atoms with van der Waals surface area (Å²) >= 11 is 0. The molecule has 7 heteroatoms. The van der Waals surface area contributed by atoms with Crippen LogP contribution in [-0.4, -0.2) is 27.9 Å². The maximum atomic E-state index is 12.6. The molecule has 0 aliphatic rings. The second-order valence-corrected chi connectivity index (χ2v) is 6.07. The quantitative estimate of drug-likeness (QED) is 0.558. The summed E-state index contributed by atoms with van der Waals surface area (Å²) in [5.74, 6) is -1.54. The van der Waals surface area contributed by atoms with Crippen LogP contribution in [0, 0.1) is 17.0 Å². The molecule has 1 atom stereocenters. The van der Waals surface area contributed by atoms with E-state index in [1.165, 1.54) is 12.1 Å². The van der Waals surface area contributed by atoms with E-state index in [-0.39, 0.29) is 24.1 Å². The number of amides is 1. The minimum atomic E-state index is -0.959. The smallest absolute Gasteiger partial charge is 0.303 e. The summed E-state index contributed by atoms with van der Waals surface area (Å²) in [4.78, 5) is 34.1. The van der Waals surface area contributed by atoms with Crippen molar-refractivity contribution >= 4 is 17.6 Å². The molecular weight excluding hydrogens is 336 g/mol. The lowest BCUT2D eigenvalue weighted by Gasteiger charge is -2.18. The van der Waals surface area contributed by atoms with Crippen molar-refractivity contribution in [1.82, 2.24) is 5.32 Å². The average Bonchev–Trinajstić information content (AvgIpc) is 2.60. The van der Waals surface area contributed by atoms with Crippen LogP contribution in [0.1, 0.15) is 34.3 Å². The number of carboxylic acid groups (broad SMARTS) is 1. The SMILES string of the molecule is Cc1ccc([N+](=O)[O-])c(C(=O)NC(CCC(=O)O)Cc2ccccc2)c1. The number of hydrogen-bond donors (Lipinski definition) is 2. The second kappa shape index (κ2) is 8.75. The van der Waals surface area contributed by atoms with Gasteiger partial charge in [-0.25, -0.2) is 0 Å². The van der Waals surface area contributed by atoms with Gasteiger partial charge in [0.1, 0.15) is 5.56 Å². The molecule has 0 aliphatic carbocycles. The van der Waals surface area contributed by atoms with Gasteiger partial charge in [-0.1, -0.05) is 36.4 Å². The Kier molecular flexibility index (Phi) is 6.43. The number of carboxylic acids is 1. The van der Waals surface area contributed by atoms with Crippen LogP contribution in [0.5, 0.6) is 0 Å². The van der Waals surface area contributed by atoms with Gasteiger partial charge in [-0.3, -0.25) is 19.7 Å². The van der Waals surface area contributed by atoms with Crippen molar-refractivity contribution in [2.75, 3.05) is 0 Å². The first-order valence-corrected chi connectivity index (χ1v) is 8.18. The molecule has 26 heavy (non-hydrogen) atoms. The molecule has 0 spiro atoms. The van der Waals surface area contributed by atoms with Crippen LogP contribution in [0.3, 0.4) is 0 Å². The number of nitro groups is 1. The molecule has 2 N–H and O–H groups in total. The summed E-state index contributed by atoms with van der Waals surface area (Å²) in [7, 11) is 0. The largest absolute Gasteiger partial charge is 0.481 e. The first kappa shape index (κ1) is 19.1. The highest BCUT2D eigenvalue weighted by molar-refractivity contribution is 5.98. The highest BCUT2D eigenvalue weighted by atomic mass is 16.6. The Balaban J connectivity index is 2.21. The molecule has 2 aromatic rings. The number of nitrogens with zero attached hydrogens (tertiary/aromatic N) is 1. The summed E-state index contributed by atoms with van der Waals surface area (Å²) in [6, 6.07) is 13.2. The van der Waals surface area contributed by atoms with Crippen molar-refractivity contribution in [3.05, 3.63) is 75.3 Å². The minimum Gasteiger partial charge on any atom is -0.481 e. The number of rotatable bonds is 8. The van der Waals surface area contributed by atoms with Gasteiger partial charge >= 0.3 is 5.97 Å². The van der Waals surface area contributed by atoms with Crippen LogP contribution >= 0.6 is 0 Å². The first-order chi connectivity index (χ1) is 12.4. The highest BCUT2D eigenvalue weighted by Crippen LogP contribution is 2.20. The van der Waals surface area contributed by atoms with Gasteiger partial charge in [0, 0.05) is 18.5 Å². The molecule has 2 rings (SSSR count). The Labute approximate surface area is 150 Å². The molecule has 0 aliphatic heterocycles. The third kappa shape index (κ3) is 5.41. The van der Waals surface area contributed by atoms with Crippen LogP contribution in [0.15, 0.2) is 48.5 Å². The lowest BCUT2D eigenvalue weighted by atomic mass is 10.0. The fourth-order valence-electron chi connectivity index (χ4n) is 2.68. The van der Waals surface area contributed by atoms with Crippen molar-refractivity contribution in [3.8, 4) is 0 Å². The summed E-state index contributed by atoms with van der Waals surface area (Å²) in [5, 5.41) is 22.9. The summed E-state index contributed by atoms with van der Waals surface area (Å²) in [5.41, 5.74) is 1.38. The average molecular weight is 356 g/mol. The van der Waals surface area contributed by atoms with Crippen LogP contribution in [0.25, 0.3) is 0 Å². The van der Waals surface area contributed by atoms with Crippen molar-refractivity contribution in [2.24, 2.45) is 0 Å².